The van der Waals surface area contributed by atoms with Crippen molar-refractivity contribution in [1.82, 2.24) is 4.98 Å². The maximum atomic E-state index is 12.3. The molecule has 0 saturated carbocycles. The van der Waals surface area contributed by atoms with Crippen molar-refractivity contribution in [3.8, 4) is 0 Å². The van der Waals surface area contributed by atoms with Gasteiger partial charge >= 0.3 is 0 Å². The third-order valence-electron chi connectivity index (χ3n) is 4.16. The number of benzene rings is 2. The molecule has 0 aliphatic heterocycles. The molecule has 0 radical (unpaired) electrons. The van der Waals surface area contributed by atoms with Gasteiger partial charge in [0.05, 0.1) is 11.9 Å². The molecule has 0 unspecified atom stereocenters. The van der Waals surface area contributed by atoms with Gasteiger partial charge in [0, 0.05) is 11.4 Å². The molecule has 25 heavy (non-hydrogen) atoms. The number of amides is 1. The van der Waals surface area contributed by atoms with Crippen LogP contribution in [0.25, 0.3) is 0 Å². The lowest BCUT2D eigenvalue weighted by atomic mass is 10.1. The van der Waals surface area contributed by atoms with Crippen LogP contribution in [0.3, 0.4) is 0 Å². The second-order valence-electron chi connectivity index (χ2n) is 6.13. The molecule has 0 fully saturated rings. The van der Waals surface area contributed by atoms with Gasteiger partial charge in [-0.05, 0) is 67.8 Å². The fourth-order valence-corrected chi connectivity index (χ4v) is 2.56. The van der Waals surface area contributed by atoms with Crippen LogP contribution in [0, 0.1) is 20.8 Å². The number of rotatable bonds is 4. The second-order valence-corrected chi connectivity index (χ2v) is 6.13. The zero-order chi connectivity index (χ0) is 17.8. The summed E-state index contributed by atoms with van der Waals surface area (Å²) >= 11 is 0. The van der Waals surface area contributed by atoms with E-state index in [4.69, 9.17) is 0 Å². The van der Waals surface area contributed by atoms with Gasteiger partial charge in [-0.3, -0.25) is 4.79 Å². The topological polar surface area (TPSA) is 54.0 Å². The zero-order valence-corrected chi connectivity index (χ0v) is 14.6. The number of aromatic nitrogens is 1. The van der Waals surface area contributed by atoms with E-state index in [2.05, 4.69) is 35.5 Å². The molecule has 0 spiro atoms. The summed E-state index contributed by atoms with van der Waals surface area (Å²) in [6, 6.07) is 17.4. The predicted molar refractivity (Wildman–Crippen MR) is 103 cm³/mol. The van der Waals surface area contributed by atoms with Crippen LogP contribution in [0.15, 0.2) is 60.8 Å². The summed E-state index contributed by atoms with van der Waals surface area (Å²) in [6.07, 6.45) is 1.67. The van der Waals surface area contributed by atoms with E-state index in [1.54, 1.807) is 12.3 Å². The Morgan fingerprint density at radius 1 is 0.920 bits per heavy atom. The summed E-state index contributed by atoms with van der Waals surface area (Å²) in [5, 5.41) is 6.21. The predicted octanol–water partition coefficient (Wildman–Crippen LogP) is 5.00. The average molecular weight is 331 g/mol. The molecular formula is C21H21N3O. The molecule has 0 bridgehead atoms. The molecule has 0 saturated heterocycles. The number of carbonyl (C=O) groups excluding carboxylic acids is 1. The molecule has 0 aliphatic rings. The summed E-state index contributed by atoms with van der Waals surface area (Å²) < 4.78 is 0. The minimum atomic E-state index is -0.219. The van der Waals surface area contributed by atoms with Gasteiger partial charge < -0.3 is 10.6 Å². The molecule has 1 heterocycles. The summed E-state index contributed by atoms with van der Waals surface area (Å²) in [5.74, 6) is -0.219. The smallest absolute Gasteiger partial charge is 0.274 e. The highest BCUT2D eigenvalue weighted by Gasteiger charge is 2.08. The maximum Gasteiger partial charge on any atom is 0.274 e. The quantitative estimate of drug-likeness (QED) is 0.707. The van der Waals surface area contributed by atoms with Crippen LogP contribution in [-0.4, -0.2) is 10.9 Å². The van der Waals surface area contributed by atoms with Gasteiger partial charge in [-0.2, -0.15) is 0 Å². The highest BCUT2D eigenvalue weighted by Crippen LogP contribution is 2.22. The third-order valence-corrected chi connectivity index (χ3v) is 4.16. The summed E-state index contributed by atoms with van der Waals surface area (Å²) in [6.45, 7) is 6.15. The molecule has 1 amide bonds. The third kappa shape index (κ3) is 4.04. The largest absolute Gasteiger partial charge is 0.354 e. The summed E-state index contributed by atoms with van der Waals surface area (Å²) in [5.41, 5.74) is 6.56. The van der Waals surface area contributed by atoms with Gasteiger partial charge in [0.25, 0.3) is 5.91 Å². The molecule has 2 N–H and O–H groups in total. The molecule has 0 aliphatic carbocycles. The number of anilines is 3. The minimum Gasteiger partial charge on any atom is -0.354 e. The van der Waals surface area contributed by atoms with Crippen LogP contribution >= 0.6 is 0 Å². The Hall–Kier alpha value is -3.14. The first kappa shape index (κ1) is 16.7. The number of carbonyl (C=O) groups is 1. The Kier molecular flexibility index (Phi) is 4.80. The van der Waals surface area contributed by atoms with Gasteiger partial charge in [-0.15, -0.1) is 0 Å². The number of nitrogens with zero attached hydrogens (tertiary/aromatic N) is 1. The van der Waals surface area contributed by atoms with Crippen molar-refractivity contribution in [3.63, 3.8) is 0 Å². The van der Waals surface area contributed by atoms with Crippen LogP contribution in [-0.2, 0) is 0 Å². The van der Waals surface area contributed by atoms with E-state index in [0.717, 1.165) is 22.6 Å². The Labute approximate surface area is 147 Å². The number of hydrogen-bond acceptors (Lipinski definition) is 3. The fraction of sp³-hybridized carbons (Fsp3) is 0.143. The van der Waals surface area contributed by atoms with Crippen LogP contribution in [0.2, 0.25) is 0 Å². The molecule has 3 rings (SSSR count). The normalized spacial score (nSPS) is 10.4. The van der Waals surface area contributed by atoms with Crippen LogP contribution < -0.4 is 10.6 Å². The lowest BCUT2D eigenvalue weighted by molar-refractivity contribution is 0.102. The van der Waals surface area contributed by atoms with E-state index in [1.165, 1.54) is 11.1 Å². The van der Waals surface area contributed by atoms with E-state index >= 15 is 0 Å². The first-order valence-electron chi connectivity index (χ1n) is 8.20. The number of aryl methyl sites for hydroxylation is 2. The van der Waals surface area contributed by atoms with Crippen molar-refractivity contribution < 1.29 is 4.79 Å². The number of nitrogens with one attached hydrogen (secondary N) is 2. The van der Waals surface area contributed by atoms with E-state index in [1.807, 2.05) is 49.4 Å². The van der Waals surface area contributed by atoms with Gasteiger partial charge in [0.1, 0.15) is 5.69 Å². The lowest BCUT2D eigenvalue weighted by Gasteiger charge is -2.11. The van der Waals surface area contributed by atoms with Gasteiger partial charge in [-0.25, -0.2) is 4.98 Å². The molecule has 3 aromatic rings. The Bertz CT molecular complexity index is 901. The van der Waals surface area contributed by atoms with Crippen molar-refractivity contribution in [3.05, 3.63) is 83.2 Å². The van der Waals surface area contributed by atoms with Crippen molar-refractivity contribution in [2.24, 2.45) is 0 Å². The molecule has 126 valence electrons. The second kappa shape index (κ2) is 7.18. The van der Waals surface area contributed by atoms with E-state index < -0.39 is 0 Å². The molecule has 4 heteroatoms. The van der Waals surface area contributed by atoms with Gasteiger partial charge in [0.15, 0.2) is 0 Å². The van der Waals surface area contributed by atoms with E-state index in [-0.39, 0.29) is 5.91 Å². The molecule has 0 atom stereocenters. The summed E-state index contributed by atoms with van der Waals surface area (Å²) in [4.78, 5) is 16.6. The Morgan fingerprint density at radius 2 is 1.72 bits per heavy atom. The van der Waals surface area contributed by atoms with Gasteiger partial charge in [0.2, 0.25) is 0 Å². The first-order valence-corrected chi connectivity index (χ1v) is 8.20. The number of hydrogen-bond donors (Lipinski definition) is 2. The minimum absolute atomic E-state index is 0.219. The lowest BCUT2D eigenvalue weighted by Crippen LogP contribution is -2.13. The maximum absolute atomic E-state index is 12.3. The van der Waals surface area contributed by atoms with E-state index in [0.29, 0.717) is 5.69 Å². The highest BCUT2D eigenvalue weighted by molar-refractivity contribution is 6.03. The SMILES string of the molecule is Cc1cccc(NC(=O)c2ccc(Nc3cccc(C)c3C)cn2)c1. The molecular weight excluding hydrogens is 310 g/mol. The van der Waals surface area contributed by atoms with Crippen molar-refractivity contribution in [1.29, 1.82) is 0 Å². The fourth-order valence-electron chi connectivity index (χ4n) is 2.56. The van der Waals surface area contributed by atoms with Crippen LogP contribution in [0.1, 0.15) is 27.2 Å². The summed E-state index contributed by atoms with van der Waals surface area (Å²) in [7, 11) is 0. The molecule has 2 aromatic carbocycles. The average Bonchev–Trinajstić information content (AvgIpc) is 2.59. The molecule has 4 nitrogen and oxygen atoms in total. The van der Waals surface area contributed by atoms with Crippen LogP contribution in [0.5, 0.6) is 0 Å². The monoisotopic (exact) mass is 331 g/mol. The van der Waals surface area contributed by atoms with Crippen molar-refractivity contribution in [2.75, 3.05) is 10.6 Å². The standard InChI is InChI=1S/C21H21N3O/c1-14-6-4-8-17(12-14)24-21(25)20-11-10-18(13-22-20)23-19-9-5-7-15(2)16(19)3/h4-13,23H,1-3H3,(H,24,25). The Balaban J connectivity index is 1.71. The highest BCUT2D eigenvalue weighted by atomic mass is 16.1. The first-order chi connectivity index (χ1) is 12.0. The number of pyridine rings is 1. The zero-order valence-electron chi connectivity index (χ0n) is 14.6. The van der Waals surface area contributed by atoms with Gasteiger partial charge in [-0.1, -0.05) is 24.3 Å². The van der Waals surface area contributed by atoms with E-state index in [9.17, 15) is 4.79 Å². The van der Waals surface area contributed by atoms with Crippen molar-refractivity contribution >= 4 is 23.0 Å². The van der Waals surface area contributed by atoms with Crippen LogP contribution in [0.4, 0.5) is 17.1 Å². The Morgan fingerprint density at radius 3 is 2.44 bits per heavy atom. The molecule has 1 aromatic heterocycles. The van der Waals surface area contributed by atoms with Crippen molar-refractivity contribution in [2.45, 2.75) is 20.8 Å².